The van der Waals surface area contributed by atoms with Gasteiger partial charge in [-0.2, -0.15) is 0 Å². The second-order valence-electron chi connectivity index (χ2n) is 5.14. The fourth-order valence-corrected chi connectivity index (χ4v) is 2.15. The van der Waals surface area contributed by atoms with Gasteiger partial charge in [-0.15, -0.1) is 0 Å². The molecule has 0 aliphatic carbocycles. The molecule has 2 aromatic rings. The number of hydrogen-bond acceptors (Lipinski definition) is 2. The van der Waals surface area contributed by atoms with Gasteiger partial charge in [-0.1, -0.05) is 42.5 Å². The normalized spacial score (nSPS) is 10.0. The van der Waals surface area contributed by atoms with Gasteiger partial charge in [0.15, 0.2) is 0 Å². The molecule has 2 rings (SSSR count). The van der Waals surface area contributed by atoms with Crippen LogP contribution in [0.4, 0.5) is 5.69 Å². The summed E-state index contributed by atoms with van der Waals surface area (Å²) in [5.74, 6) is -0.0853. The molecule has 0 bridgehead atoms. The lowest BCUT2D eigenvalue weighted by molar-refractivity contribution is -0.121. The minimum Gasteiger partial charge on any atom is -0.352 e. The molecule has 0 aliphatic heterocycles. The highest BCUT2D eigenvalue weighted by Gasteiger charge is 2.03. The molecule has 0 aliphatic rings. The number of hydrogen-bond donors (Lipinski definition) is 2. The fourth-order valence-electron chi connectivity index (χ4n) is 2.15. The Morgan fingerprint density at radius 2 is 1.68 bits per heavy atom. The maximum atomic E-state index is 11.9. The van der Waals surface area contributed by atoms with Crippen molar-refractivity contribution in [2.45, 2.75) is 26.3 Å². The molecule has 2 N–H and O–H groups in total. The number of anilines is 1. The minimum atomic E-state index is -0.107. The van der Waals surface area contributed by atoms with Crippen molar-refractivity contribution in [3.63, 3.8) is 0 Å². The van der Waals surface area contributed by atoms with Crippen LogP contribution in [-0.2, 0) is 22.6 Å². The summed E-state index contributed by atoms with van der Waals surface area (Å²) in [7, 11) is 0. The molecule has 2 aromatic carbocycles. The van der Waals surface area contributed by atoms with Crippen LogP contribution in [0.3, 0.4) is 0 Å². The van der Waals surface area contributed by atoms with Crippen molar-refractivity contribution in [1.82, 2.24) is 5.32 Å². The molecular weight excluding hydrogens is 276 g/mol. The van der Waals surface area contributed by atoms with Gasteiger partial charge in [-0.05, 0) is 29.7 Å². The van der Waals surface area contributed by atoms with Gasteiger partial charge >= 0.3 is 0 Å². The van der Waals surface area contributed by atoms with Gasteiger partial charge in [0, 0.05) is 25.6 Å². The molecule has 0 atom stereocenters. The van der Waals surface area contributed by atoms with Gasteiger partial charge in [-0.25, -0.2) is 0 Å². The van der Waals surface area contributed by atoms with Gasteiger partial charge in [0.1, 0.15) is 0 Å². The largest absolute Gasteiger partial charge is 0.352 e. The number of benzene rings is 2. The molecule has 22 heavy (non-hydrogen) atoms. The minimum absolute atomic E-state index is 0.0220. The van der Waals surface area contributed by atoms with E-state index in [4.69, 9.17) is 0 Å². The van der Waals surface area contributed by atoms with Crippen LogP contribution in [-0.4, -0.2) is 11.8 Å². The lowest BCUT2D eigenvalue weighted by Gasteiger charge is -2.08. The van der Waals surface area contributed by atoms with Crippen molar-refractivity contribution < 1.29 is 9.59 Å². The third kappa shape index (κ3) is 5.40. The molecule has 0 saturated heterocycles. The van der Waals surface area contributed by atoms with Crippen molar-refractivity contribution in [1.29, 1.82) is 0 Å². The van der Waals surface area contributed by atoms with Crippen molar-refractivity contribution in [2.75, 3.05) is 5.32 Å². The van der Waals surface area contributed by atoms with Gasteiger partial charge < -0.3 is 10.6 Å². The van der Waals surface area contributed by atoms with Gasteiger partial charge in [-0.3, -0.25) is 9.59 Å². The van der Waals surface area contributed by atoms with Gasteiger partial charge in [0.25, 0.3) is 0 Å². The molecular formula is C18H20N2O2. The molecule has 0 unspecified atom stereocenters. The Morgan fingerprint density at radius 3 is 2.41 bits per heavy atom. The Kier molecular flexibility index (Phi) is 5.72. The molecule has 0 aromatic heterocycles. The smallest absolute Gasteiger partial charge is 0.221 e. The topological polar surface area (TPSA) is 58.2 Å². The summed E-state index contributed by atoms with van der Waals surface area (Å²) in [4.78, 5) is 22.9. The first-order chi connectivity index (χ1) is 10.6. The van der Waals surface area contributed by atoms with E-state index in [0.29, 0.717) is 13.0 Å². The highest BCUT2D eigenvalue weighted by Crippen LogP contribution is 2.10. The molecule has 4 nitrogen and oxygen atoms in total. The Morgan fingerprint density at radius 1 is 0.955 bits per heavy atom. The van der Waals surface area contributed by atoms with Crippen LogP contribution in [0.25, 0.3) is 0 Å². The van der Waals surface area contributed by atoms with E-state index in [0.717, 1.165) is 23.2 Å². The summed E-state index contributed by atoms with van der Waals surface area (Å²) < 4.78 is 0. The van der Waals surface area contributed by atoms with Crippen LogP contribution in [0.2, 0.25) is 0 Å². The maximum Gasteiger partial charge on any atom is 0.221 e. The highest BCUT2D eigenvalue weighted by molar-refractivity contribution is 5.88. The van der Waals surface area contributed by atoms with Crippen molar-refractivity contribution in [2.24, 2.45) is 0 Å². The average molecular weight is 296 g/mol. The van der Waals surface area contributed by atoms with Gasteiger partial charge in [0.2, 0.25) is 11.8 Å². The zero-order valence-corrected chi connectivity index (χ0v) is 12.6. The average Bonchev–Trinajstić information content (AvgIpc) is 2.52. The summed E-state index contributed by atoms with van der Waals surface area (Å²) in [6.07, 6.45) is 1.20. The van der Waals surface area contributed by atoms with Crippen molar-refractivity contribution in [3.05, 3.63) is 65.7 Å². The van der Waals surface area contributed by atoms with Crippen molar-refractivity contribution in [3.8, 4) is 0 Å². The summed E-state index contributed by atoms with van der Waals surface area (Å²) in [5.41, 5.74) is 2.85. The predicted molar refractivity (Wildman–Crippen MR) is 87.4 cm³/mol. The summed E-state index contributed by atoms with van der Waals surface area (Å²) >= 11 is 0. The first kappa shape index (κ1) is 15.8. The number of carbonyl (C=O) groups is 2. The van der Waals surface area contributed by atoms with E-state index in [1.165, 1.54) is 6.92 Å². The third-order valence-electron chi connectivity index (χ3n) is 3.22. The van der Waals surface area contributed by atoms with Crippen LogP contribution in [0.15, 0.2) is 54.6 Å². The second-order valence-corrected chi connectivity index (χ2v) is 5.14. The third-order valence-corrected chi connectivity index (χ3v) is 3.22. The Bertz CT molecular complexity index is 639. The number of carbonyl (C=O) groups excluding carboxylic acids is 2. The molecule has 0 heterocycles. The molecule has 114 valence electrons. The monoisotopic (exact) mass is 296 g/mol. The van der Waals surface area contributed by atoms with Crippen LogP contribution < -0.4 is 10.6 Å². The Hall–Kier alpha value is -2.62. The van der Waals surface area contributed by atoms with Crippen LogP contribution in [0.1, 0.15) is 24.5 Å². The lowest BCUT2D eigenvalue weighted by atomic mass is 10.1. The molecule has 0 saturated carbocycles. The number of nitrogens with one attached hydrogen (secondary N) is 2. The number of rotatable bonds is 6. The number of amides is 2. The highest BCUT2D eigenvalue weighted by atomic mass is 16.2. The second kappa shape index (κ2) is 7.98. The summed E-state index contributed by atoms with van der Waals surface area (Å²) in [6.45, 7) is 1.93. The molecule has 0 spiro atoms. The first-order valence-electron chi connectivity index (χ1n) is 7.30. The predicted octanol–water partition coefficient (Wildman–Crippen LogP) is 2.89. The Balaban J connectivity index is 1.79. The standard InChI is InChI=1S/C18H20N2O2/c1-14(21)20-17-9-5-8-16(12-17)13-19-18(22)11-10-15-6-3-2-4-7-15/h2-9,12H,10-11,13H2,1H3,(H,19,22)(H,20,21). The summed E-state index contributed by atoms with van der Waals surface area (Å²) in [5, 5.41) is 5.63. The van der Waals surface area contributed by atoms with Crippen molar-refractivity contribution >= 4 is 17.5 Å². The van der Waals surface area contributed by atoms with E-state index >= 15 is 0 Å². The molecule has 4 heteroatoms. The van der Waals surface area contributed by atoms with E-state index in [1.807, 2.05) is 54.6 Å². The summed E-state index contributed by atoms with van der Waals surface area (Å²) in [6, 6.07) is 17.4. The zero-order chi connectivity index (χ0) is 15.8. The fraction of sp³-hybridized carbons (Fsp3) is 0.222. The van der Waals surface area contributed by atoms with E-state index in [1.54, 1.807) is 0 Å². The maximum absolute atomic E-state index is 11.9. The van der Waals surface area contributed by atoms with E-state index in [2.05, 4.69) is 10.6 Å². The lowest BCUT2D eigenvalue weighted by Crippen LogP contribution is -2.23. The molecule has 2 amide bonds. The molecule has 0 fully saturated rings. The number of aryl methyl sites for hydroxylation is 1. The van der Waals surface area contributed by atoms with Crippen LogP contribution >= 0.6 is 0 Å². The van der Waals surface area contributed by atoms with E-state index in [9.17, 15) is 9.59 Å². The SMILES string of the molecule is CC(=O)Nc1cccc(CNC(=O)CCc2ccccc2)c1. The van der Waals surface area contributed by atoms with Crippen LogP contribution in [0, 0.1) is 0 Å². The van der Waals surface area contributed by atoms with Gasteiger partial charge in [0.05, 0.1) is 0 Å². The van der Waals surface area contributed by atoms with Crippen LogP contribution in [0.5, 0.6) is 0 Å². The quantitative estimate of drug-likeness (QED) is 0.861. The zero-order valence-electron chi connectivity index (χ0n) is 12.6. The molecule has 0 radical (unpaired) electrons. The van der Waals surface area contributed by atoms with E-state index < -0.39 is 0 Å². The van der Waals surface area contributed by atoms with E-state index in [-0.39, 0.29) is 11.8 Å². The first-order valence-corrected chi connectivity index (χ1v) is 7.30. The Labute approximate surface area is 130 Å².